The van der Waals surface area contributed by atoms with Crippen molar-refractivity contribution in [3.05, 3.63) is 36.5 Å². The highest BCUT2D eigenvalue weighted by Gasteiger charge is 2.26. The molecular formula is C39H73O9P. The van der Waals surface area contributed by atoms with E-state index in [2.05, 4.69) is 50.3 Å². The number of allylic oxidation sites excluding steroid dienone is 6. The first-order valence-corrected chi connectivity index (χ1v) is 21.0. The number of hydrogen-bond acceptors (Lipinski definition) is 8. The molecule has 0 aromatic rings. The number of carbonyl (C=O) groups excluding carboxylic acids is 1. The first-order valence-electron chi connectivity index (χ1n) is 19.5. The summed E-state index contributed by atoms with van der Waals surface area (Å²) in [4.78, 5) is 22.5. The quantitative estimate of drug-likeness (QED) is 0.0249. The van der Waals surface area contributed by atoms with Gasteiger partial charge in [-0.15, -0.1) is 0 Å². The lowest BCUT2D eigenvalue weighted by Crippen LogP contribution is -2.29. The molecule has 10 heteroatoms. The number of aliphatic hydroxyl groups excluding tert-OH is 2. The van der Waals surface area contributed by atoms with Gasteiger partial charge in [0.1, 0.15) is 12.2 Å². The third-order valence-corrected chi connectivity index (χ3v) is 9.03. The molecule has 0 fully saturated rings. The van der Waals surface area contributed by atoms with E-state index >= 15 is 0 Å². The molecule has 49 heavy (non-hydrogen) atoms. The minimum Gasteiger partial charge on any atom is -0.457 e. The van der Waals surface area contributed by atoms with E-state index in [1.165, 1.54) is 77.0 Å². The van der Waals surface area contributed by atoms with Crippen LogP contribution in [0.5, 0.6) is 0 Å². The second-order valence-corrected chi connectivity index (χ2v) is 14.4. The summed E-state index contributed by atoms with van der Waals surface area (Å²) in [6, 6.07) is 0. The van der Waals surface area contributed by atoms with Gasteiger partial charge < -0.3 is 24.6 Å². The fraction of sp³-hybridized carbons (Fsp3) is 0.821. The molecule has 3 unspecified atom stereocenters. The van der Waals surface area contributed by atoms with Crippen LogP contribution in [-0.4, -0.2) is 66.3 Å². The Balaban J connectivity index is 4.20. The third-order valence-electron chi connectivity index (χ3n) is 8.08. The van der Waals surface area contributed by atoms with Gasteiger partial charge in [0, 0.05) is 13.0 Å². The third kappa shape index (κ3) is 36.3. The van der Waals surface area contributed by atoms with Gasteiger partial charge in [-0.2, -0.15) is 0 Å². The van der Waals surface area contributed by atoms with Crippen LogP contribution in [0, 0.1) is 0 Å². The summed E-state index contributed by atoms with van der Waals surface area (Å²) in [6.07, 6.45) is 36.7. The molecule has 9 nitrogen and oxygen atoms in total. The van der Waals surface area contributed by atoms with Gasteiger partial charge in [0.15, 0.2) is 0 Å². The number of hydrogen-bond donors (Lipinski definition) is 3. The Morgan fingerprint density at radius 3 is 1.69 bits per heavy atom. The molecule has 0 saturated heterocycles. The molecule has 0 radical (unpaired) electrons. The van der Waals surface area contributed by atoms with Crippen molar-refractivity contribution in [2.24, 2.45) is 0 Å². The topological polar surface area (TPSA) is 132 Å². The normalized spacial score (nSPS) is 14.6. The van der Waals surface area contributed by atoms with Crippen molar-refractivity contribution in [3.8, 4) is 0 Å². The lowest BCUT2D eigenvalue weighted by atomic mass is 10.1. The maximum absolute atomic E-state index is 12.5. The molecule has 0 amide bonds. The van der Waals surface area contributed by atoms with Crippen molar-refractivity contribution < 1.29 is 43.0 Å². The van der Waals surface area contributed by atoms with Crippen LogP contribution < -0.4 is 0 Å². The van der Waals surface area contributed by atoms with E-state index < -0.39 is 39.2 Å². The maximum Gasteiger partial charge on any atom is 0.472 e. The van der Waals surface area contributed by atoms with Crippen molar-refractivity contribution in [3.63, 3.8) is 0 Å². The lowest BCUT2D eigenvalue weighted by Gasteiger charge is -2.20. The molecule has 0 spiro atoms. The van der Waals surface area contributed by atoms with E-state index in [0.29, 0.717) is 13.0 Å². The number of carbonyl (C=O) groups is 1. The Labute approximate surface area is 299 Å². The average molecular weight is 717 g/mol. The molecule has 0 aliphatic rings. The molecule has 0 heterocycles. The average Bonchev–Trinajstić information content (AvgIpc) is 3.09. The molecule has 0 aromatic carbocycles. The second-order valence-electron chi connectivity index (χ2n) is 13.0. The van der Waals surface area contributed by atoms with E-state index in [9.17, 15) is 19.4 Å². The summed E-state index contributed by atoms with van der Waals surface area (Å²) in [5.41, 5.74) is 0. The van der Waals surface area contributed by atoms with Crippen LogP contribution >= 0.6 is 7.82 Å². The standard InChI is InChI=1S/C39H73O9P/c1-3-5-7-9-11-13-14-15-16-17-18-19-20-21-22-23-25-27-29-31-39(42)48-38(36-47-49(43,44)46-34-37(41)33-40)35-45-32-30-28-26-24-12-10-8-6-4-2/h11,13,15-16,18-19,37-38,40-41H,3-10,12,14,17,20-36H2,1-2H3,(H,43,44)/b13-11-,16-15-,19-18-. The van der Waals surface area contributed by atoms with Gasteiger partial charge in [-0.05, 0) is 51.4 Å². The summed E-state index contributed by atoms with van der Waals surface area (Å²) < 4.78 is 33.2. The second kappa shape index (κ2) is 36.5. The zero-order chi connectivity index (χ0) is 36.1. The number of esters is 1. The van der Waals surface area contributed by atoms with Crippen LogP contribution in [0.25, 0.3) is 0 Å². The van der Waals surface area contributed by atoms with Crippen LogP contribution in [0.4, 0.5) is 0 Å². The molecular weight excluding hydrogens is 643 g/mol. The number of unbranched alkanes of at least 4 members (excludes halogenated alkanes) is 17. The Morgan fingerprint density at radius 1 is 0.633 bits per heavy atom. The van der Waals surface area contributed by atoms with E-state index in [0.717, 1.165) is 57.8 Å². The van der Waals surface area contributed by atoms with Crippen molar-refractivity contribution in [2.75, 3.05) is 33.0 Å². The van der Waals surface area contributed by atoms with E-state index in [4.69, 9.17) is 23.6 Å². The lowest BCUT2D eigenvalue weighted by molar-refractivity contribution is -0.154. The highest BCUT2D eigenvalue weighted by Crippen LogP contribution is 2.43. The number of rotatable bonds is 37. The summed E-state index contributed by atoms with van der Waals surface area (Å²) in [5, 5.41) is 18.3. The van der Waals surface area contributed by atoms with Crippen LogP contribution in [0.2, 0.25) is 0 Å². The zero-order valence-corrected chi connectivity index (χ0v) is 32.1. The first kappa shape index (κ1) is 47.7. The Morgan fingerprint density at radius 2 is 1.10 bits per heavy atom. The molecule has 3 N–H and O–H groups in total. The summed E-state index contributed by atoms with van der Waals surface area (Å²) in [7, 11) is -4.51. The number of phosphoric acid groups is 1. The van der Waals surface area contributed by atoms with Gasteiger partial charge in [-0.3, -0.25) is 13.8 Å². The van der Waals surface area contributed by atoms with Crippen LogP contribution in [0.3, 0.4) is 0 Å². The van der Waals surface area contributed by atoms with Crippen molar-refractivity contribution >= 4 is 13.8 Å². The zero-order valence-electron chi connectivity index (χ0n) is 31.2. The van der Waals surface area contributed by atoms with Gasteiger partial charge in [-0.25, -0.2) is 4.57 Å². The van der Waals surface area contributed by atoms with Crippen molar-refractivity contribution in [2.45, 2.75) is 174 Å². The molecule has 0 aromatic heterocycles. The van der Waals surface area contributed by atoms with Gasteiger partial charge in [0.25, 0.3) is 0 Å². The van der Waals surface area contributed by atoms with Gasteiger partial charge in [0.05, 0.1) is 26.4 Å². The predicted octanol–water partition coefficient (Wildman–Crippen LogP) is 10.1. The predicted molar refractivity (Wildman–Crippen MR) is 200 cm³/mol. The molecule has 0 aliphatic heterocycles. The molecule has 0 bridgehead atoms. The van der Waals surface area contributed by atoms with Gasteiger partial charge in [0.2, 0.25) is 0 Å². The number of phosphoric ester groups is 1. The maximum atomic E-state index is 12.5. The van der Waals surface area contributed by atoms with Crippen molar-refractivity contribution in [1.82, 2.24) is 0 Å². The minimum absolute atomic E-state index is 0.0449. The molecule has 0 rings (SSSR count). The molecule has 0 saturated carbocycles. The number of aliphatic hydroxyl groups is 2. The van der Waals surface area contributed by atoms with Crippen LogP contribution in [0.15, 0.2) is 36.5 Å². The van der Waals surface area contributed by atoms with Crippen LogP contribution in [0.1, 0.15) is 162 Å². The largest absolute Gasteiger partial charge is 0.472 e. The Hall–Kier alpha value is -1.32. The molecule has 288 valence electrons. The SMILES string of the molecule is CCCCC/C=C\C/C=C\C/C=C\CCCCCCCCC(=O)OC(COCCCCCCCCCCC)COP(=O)(O)OCC(O)CO. The van der Waals surface area contributed by atoms with E-state index in [1.807, 2.05) is 0 Å². The van der Waals surface area contributed by atoms with E-state index in [-0.39, 0.29) is 19.6 Å². The Kier molecular flexibility index (Phi) is 35.5. The first-order chi connectivity index (χ1) is 23.8. The fourth-order valence-corrected chi connectivity index (χ4v) is 5.86. The monoisotopic (exact) mass is 716 g/mol. The summed E-state index contributed by atoms with van der Waals surface area (Å²) >= 11 is 0. The minimum atomic E-state index is -4.51. The fourth-order valence-electron chi connectivity index (χ4n) is 5.07. The van der Waals surface area contributed by atoms with Crippen molar-refractivity contribution in [1.29, 1.82) is 0 Å². The Bertz CT molecular complexity index is 861. The molecule has 3 atom stereocenters. The number of ether oxygens (including phenoxy) is 2. The van der Waals surface area contributed by atoms with E-state index in [1.54, 1.807) is 0 Å². The highest BCUT2D eigenvalue weighted by atomic mass is 31.2. The van der Waals surface area contributed by atoms with Gasteiger partial charge in [-0.1, -0.05) is 140 Å². The summed E-state index contributed by atoms with van der Waals surface area (Å²) in [5.74, 6) is -0.396. The highest BCUT2D eigenvalue weighted by molar-refractivity contribution is 7.47. The molecule has 0 aliphatic carbocycles. The van der Waals surface area contributed by atoms with Crippen LogP contribution in [-0.2, 0) is 27.9 Å². The summed E-state index contributed by atoms with van der Waals surface area (Å²) in [6.45, 7) is 3.45. The van der Waals surface area contributed by atoms with Gasteiger partial charge >= 0.3 is 13.8 Å². The smallest absolute Gasteiger partial charge is 0.457 e.